The second-order valence-corrected chi connectivity index (χ2v) is 9.37. The summed E-state index contributed by atoms with van der Waals surface area (Å²) in [5.41, 5.74) is -1.42. The van der Waals surface area contributed by atoms with Crippen LogP contribution in [0.25, 0.3) is 0 Å². The summed E-state index contributed by atoms with van der Waals surface area (Å²) in [6.07, 6.45) is -7.14. The SMILES string of the molecule is O=C(OC[C@H]1O[C@H](O)C[C@@H](OC(=O)c2cc(O)c(O)c(O)c2)[C@@H]1OC(=O)c1cc(O)c(O)c(O)c1)c1cc(O)c(O)c(O)c1. The van der Waals surface area contributed by atoms with Crippen LogP contribution < -0.4 is 0 Å². The summed E-state index contributed by atoms with van der Waals surface area (Å²) in [6, 6.07) is 4.50. The maximum Gasteiger partial charge on any atom is 0.338 e. The van der Waals surface area contributed by atoms with Crippen LogP contribution in [0.4, 0.5) is 0 Å². The summed E-state index contributed by atoms with van der Waals surface area (Å²) in [5, 5.41) is 97.3. The third-order valence-corrected chi connectivity index (χ3v) is 6.30. The standard InChI is InChI=1S/C27H24O17/c28-12-1-9(2-13(29)21(12)35)25(38)41-8-19-24(44-27(40)11-5-16(32)23(37)17(33)6-11)18(7-20(34)42-19)43-26(39)10-3-14(30)22(36)15(31)4-10/h1-6,18-20,24,28-37H,7-8H2/t18-,19-,20+,24+/m1/s1. The number of hydrogen-bond donors (Lipinski definition) is 10. The zero-order valence-electron chi connectivity index (χ0n) is 22.0. The summed E-state index contributed by atoms with van der Waals surface area (Å²) < 4.78 is 21.2. The number of benzene rings is 3. The minimum Gasteiger partial charge on any atom is -0.504 e. The summed E-state index contributed by atoms with van der Waals surface area (Å²) in [5.74, 6) is -11.8. The van der Waals surface area contributed by atoms with Gasteiger partial charge in [-0.15, -0.1) is 0 Å². The molecular formula is C27H24O17. The highest BCUT2D eigenvalue weighted by Crippen LogP contribution is 2.38. The molecule has 0 aromatic heterocycles. The van der Waals surface area contributed by atoms with Gasteiger partial charge in [-0.25, -0.2) is 14.4 Å². The van der Waals surface area contributed by atoms with E-state index in [-0.39, 0.29) is 0 Å². The van der Waals surface area contributed by atoms with Crippen molar-refractivity contribution in [2.75, 3.05) is 6.61 Å². The number of aliphatic hydroxyl groups excluding tert-OH is 1. The molecule has 4 atom stereocenters. The van der Waals surface area contributed by atoms with Gasteiger partial charge in [-0.1, -0.05) is 0 Å². The molecule has 3 aromatic rings. The summed E-state index contributed by atoms with van der Waals surface area (Å²) >= 11 is 0. The van der Waals surface area contributed by atoms with Crippen molar-refractivity contribution in [3.05, 3.63) is 53.1 Å². The van der Waals surface area contributed by atoms with Crippen molar-refractivity contribution < 1.29 is 84.4 Å². The molecule has 17 heteroatoms. The maximum atomic E-state index is 13.0. The number of phenolic OH excluding ortho intramolecular Hbond substituents is 9. The average Bonchev–Trinajstić information content (AvgIpc) is 2.96. The molecule has 0 bridgehead atoms. The third kappa shape index (κ3) is 6.48. The minimum absolute atomic E-state index is 0.437. The lowest BCUT2D eigenvalue weighted by Crippen LogP contribution is -2.54. The van der Waals surface area contributed by atoms with Crippen LogP contribution in [0.1, 0.15) is 37.5 Å². The average molecular weight is 620 g/mol. The smallest absolute Gasteiger partial charge is 0.338 e. The second-order valence-electron chi connectivity index (χ2n) is 9.37. The predicted octanol–water partition coefficient (Wildman–Crippen LogP) is 0.752. The van der Waals surface area contributed by atoms with Crippen molar-refractivity contribution in [1.82, 2.24) is 0 Å². The van der Waals surface area contributed by atoms with E-state index in [0.29, 0.717) is 0 Å². The van der Waals surface area contributed by atoms with E-state index in [1.807, 2.05) is 0 Å². The van der Waals surface area contributed by atoms with E-state index in [1.165, 1.54) is 0 Å². The van der Waals surface area contributed by atoms with Crippen molar-refractivity contribution in [2.45, 2.75) is 31.0 Å². The van der Waals surface area contributed by atoms with E-state index in [1.54, 1.807) is 0 Å². The van der Waals surface area contributed by atoms with Gasteiger partial charge in [-0.05, 0) is 36.4 Å². The minimum atomic E-state index is -1.71. The fourth-order valence-electron chi connectivity index (χ4n) is 4.11. The molecule has 1 heterocycles. The molecule has 44 heavy (non-hydrogen) atoms. The Bertz CT molecular complexity index is 1550. The molecule has 0 radical (unpaired) electrons. The number of carbonyl (C=O) groups is 3. The van der Waals surface area contributed by atoms with E-state index in [2.05, 4.69) is 0 Å². The molecule has 0 saturated carbocycles. The molecule has 10 N–H and O–H groups in total. The lowest BCUT2D eigenvalue weighted by molar-refractivity contribution is -0.239. The van der Waals surface area contributed by atoms with Crippen molar-refractivity contribution in [1.29, 1.82) is 0 Å². The Labute approximate surface area is 245 Å². The summed E-state index contributed by atoms with van der Waals surface area (Å²) in [4.78, 5) is 38.5. The Morgan fingerprint density at radius 3 is 1.39 bits per heavy atom. The number of aromatic hydroxyl groups is 9. The Morgan fingerprint density at radius 1 is 0.614 bits per heavy atom. The van der Waals surface area contributed by atoms with Crippen LogP contribution in [0.15, 0.2) is 36.4 Å². The van der Waals surface area contributed by atoms with Gasteiger partial charge in [-0.3, -0.25) is 0 Å². The van der Waals surface area contributed by atoms with Gasteiger partial charge in [0.05, 0.1) is 16.7 Å². The topological polar surface area (TPSA) is 290 Å². The van der Waals surface area contributed by atoms with Crippen LogP contribution >= 0.6 is 0 Å². The number of hydrogen-bond acceptors (Lipinski definition) is 17. The predicted molar refractivity (Wildman–Crippen MR) is 138 cm³/mol. The molecule has 4 rings (SSSR count). The van der Waals surface area contributed by atoms with Crippen LogP contribution in [0.2, 0.25) is 0 Å². The molecule has 0 aliphatic carbocycles. The molecule has 234 valence electrons. The fraction of sp³-hybridized carbons (Fsp3) is 0.222. The van der Waals surface area contributed by atoms with E-state index >= 15 is 0 Å². The Balaban J connectivity index is 1.62. The first kappa shape index (κ1) is 31.1. The Kier molecular flexibility index (Phi) is 8.63. The quantitative estimate of drug-likeness (QED) is 0.0990. The fourth-order valence-corrected chi connectivity index (χ4v) is 4.11. The second kappa shape index (κ2) is 12.2. The van der Waals surface area contributed by atoms with Crippen molar-refractivity contribution in [2.24, 2.45) is 0 Å². The molecule has 3 aromatic carbocycles. The molecule has 0 spiro atoms. The van der Waals surface area contributed by atoms with E-state index in [9.17, 15) is 65.4 Å². The van der Waals surface area contributed by atoms with Gasteiger partial charge in [0.15, 0.2) is 64.1 Å². The highest BCUT2D eigenvalue weighted by atomic mass is 16.7. The number of esters is 3. The first-order chi connectivity index (χ1) is 20.7. The Morgan fingerprint density at radius 2 is 0.977 bits per heavy atom. The van der Waals surface area contributed by atoms with E-state index in [0.717, 1.165) is 36.4 Å². The summed E-state index contributed by atoms with van der Waals surface area (Å²) in [6.45, 7) is -0.822. The van der Waals surface area contributed by atoms with Gasteiger partial charge in [0.1, 0.15) is 18.8 Å². The largest absolute Gasteiger partial charge is 0.504 e. The van der Waals surface area contributed by atoms with Crippen LogP contribution in [0.5, 0.6) is 51.7 Å². The number of aliphatic hydroxyl groups is 1. The molecule has 1 aliphatic rings. The number of phenols is 9. The lowest BCUT2D eigenvalue weighted by Gasteiger charge is -2.38. The maximum absolute atomic E-state index is 13.0. The van der Waals surface area contributed by atoms with Crippen LogP contribution in [0, 0.1) is 0 Å². The normalized spacial score (nSPS) is 19.6. The van der Waals surface area contributed by atoms with E-state index in [4.69, 9.17) is 18.9 Å². The van der Waals surface area contributed by atoms with Crippen molar-refractivity contribution in [3.63, 3.8) is 0 Å². The molecule has 0 amide bonds. The zero-order valence-corrected chi connectivity index (χ0v) is 22.0. The Hall–Kier alpha value is -5.81. The van der Waals surface area contributed by atoms with Gasteiger partial charge in [0, 0.05) is 6.42 Å². The first-order valence-electron chi connectivity index (χ1n) is 12.3. The molecule has 1 saturated heterocycles. The first-order valence-corrected chi connectivity index (χ1v) is 12.3. The molecule has 0 unspecified atom stereocenters. The molecule has 1 aliphatic heterocycles. The highest BCUT2D eigenvalue weighted by molar-refractivity contribution is 5.92. The van der Waals surface area contributed by atoms with Gasteiger partial charge < -0.3 is 70.0 Å². The van der Waals surface area contributed by atoms with E-state index < -0.39 is 124 Å². The van der Waals surface area contributed by atoms with Gasteiger partial charge >= 0.3 is 17.9 Å². The summed E-state index contributed by atoms with van der Waals surface area (Å²) in [7, 11) is 0. The number of carbonyl (C=O) groups excluding carboxylic acids is 3. The molecular weight excluding hydrogens is 596 g/mol. The van der Waals surface area contributed by atoms with Gasteiger partial charge in [0.25, 0.3) is 0 Å². The van der Waals surface area contributed by atoms with Crippen LogP contribution in [-0.2, 0) is 18.9 Å². The zero-order chi connectivity index (χ0) is 32.5. The van der Waals surface area contributed by atoms with Crippen LogP contribution in [0.3, 0.4) is 0 Å². The lowest BCUT2D eigenvalue weighted by atomic mass is 10.0. The monoisotopic (exact) mass is 620 g/mol. The van der Waals surface area contributed by atoms with Gasteiger partial charge in [0.2, 0.25) is 0 Å². The number of ether oxygens (including phenoxy) is 4. The highest BCUT2D eigenvalue weighted by Gasteiger charge is 2.44. The van der Waals surface area contributed by atoms with Crippen molar-refractivity contribution in [3.8, 4) is 51.7 Å². The molecule has 17 nitrogen and oxygen atoms in total. The molecule has 1 fully saturated rings. The van der Waals surface area contributed by atoms with Gasteiger partial charge in [-0.2, -0.15) is 0 Å². The van der Waals surface area contributed by atoms with Crippen LogP contribution in [-0.4, -0.2) is 100 Å². The number of rotatable bonds is 7. The van der Waals surface area contributed by atoms with Crippen molar-refractivity contribution >= 4 is 17.9 Å². The third-order valence-electron chi connectivity index (χ3n) is 6.30.